The van der Waals surface area contributed by atoms with Crippen molar-refractivity contribution in [1.82, 2.24) is 4.98 Å². The highest BCUT2D eigenvalue weighted by Crippen LogP contribution is 2.28. The highest BCUT2D eigenvalue weighted by Gasteiger charge is 2.16. The van der Waals surface area contributed by atoms with Crippen molar-refractivity contribution in [2.75, 3.05) is 0 Å². The summed E-state index contributed by atoms with van der Waals surface area (Å²) in [7, 11) is 0. The maximum Gasteiger partial charge on any atom is 0.338 e. The first-order chi connectivity index (χ1) is 7.00. The molecule has 0 atom stereocenters. The van der Waals surface area contributed by atoms with Gasteiger partial charge < -0.3 is 10.1 Å². The largest absolute Gasteiger partial charge is 0.478 e. The van der Waals surface area contributed by atoms with Gasteiger partial charge in [-0.3, -0.25) is 0 Å². The van der Waals surface area contributed by atoms with Gasteiger partial charge in [-0.15, -0.1) is 0 Å². The lowest BCUT2D eigenvalue weighted by molar-refractivity contribution is 0.0698. The van der Waals surface area contributed by atoms with Crippen molar-refractivity contribution in [3.8, 4) is 0 Å². The number of nitrogens with one attached hydrogen (secondary N) is 1. The smallest absolute Gasteiger partial charge is 0.338 e. The molecule has 0 saturated heterocycles. The first-order valence-corrected chi connectivity index (χ1v) is 4.90. The highest BCUT2D eigenvalue weighted by atomic mass is 35.5. The number of carboxylic acids is 1. The summed E-state index contributed by atoms with van der Waals surface area (Å²) in [5.41, 5.74) is 2.75. The van der Waals surface area contributed by atoms with Crippen LogP contribution in [0.1, 0.15) is 21.6 Å². The molecule has 2 aromatic rings. The summed E-state index contributed by atoms with van der Waals surface area (Å²) in [5.74, 6) is -0.930. The van der Waals surface area contributed by atoms with Crippen molar-refractivity contribution in [2.45, 2.75) is 13.8 Å². The Morgan fingerprint density at radius 2 is 2.07 bits per heavy atom. The lowest BCUT2D eigenvalue weighted by Gasteiger charge is -1.98. The molecule has 0 aliphatic rings. The molecule has 2 rings (SSSR count). The first-order valence-electron chi connectivity index (χ1n) is 4.52. The van der Waals surface area contributed by atoms with Crippen LogP contribution in [0, 0.1) is 13.8 Å². The summed E-state index contributed by atoms with van der Waals surface area (Å²) in [5, 5.41) is 10.3. The molecule has 78 valence electrons. The van der Waals surface area contributed by atoms with E-state index in [9.17, 15) is 4.79 Å². The SMILES string of the molecule is Cc1[nH]c2c(C)cc(Cl)cc2c1C(=O)O. The maximum atomic E-state index is 11.1. The molecule has 0 aliphatic heterocycles. The van der Waals surface area contributed by atoms with Gasteiger partial charge in [-0.25, -0.2) is 4.79 Å². The van der Waals surface area contributed by atoms with Crippen LogP contribution in [-0.4, -0.2) is 16.1 Å². The van der Waals surface area contributed by atoms with Gasteiger partial charge in [0.15, 0.2) is 0 Å². The molecule has 0 fully saturated rings. The van der Waals surface area contributed by atoms with Gasteiger partial charge in [-0.2, -0.15) is 0 Å². The Morgan fingerprint density at radius 3 is 2.67 bits per heavy atom. The first kappa shape index (κ1) is 10.1. The number of aryl methyl sites for hydroxylation is 2. The molecule has 0 bridgehead atoms. The van der Waals surface area contributed by atoms with Crippen LogP contribution in [-0.2, 0) is 0 Å². The second-order valence-corrected chi connectivity index (χ2v) is 4.01. The van der Waals surface area contributed by atoms with Crippen LogP contribution >= 0.6 is 11.6 Å². The number of fused-ring (bicyclic) bond motifs is 1. The van der Waals surface area contributed by atoms with E-state index in [0.29, 0.717) is 21.7 Å². The van der Waals surface area contributed by atoms with E-state index in [2.05, 4.69) is 4.98 Å². The molecule has 3 nitrogen and oxygen atoms in total. The maximum absolute atomic E-state index is 11.1. The van der Waals surface area contributed by atoms with Gasteiger partial charge in [0.25, 0.3) is 0 Å². The molecule has 1 heterocycles. The number of carboxylic acid groups (broad SMARTS) is 1. The van der Waals surface area contributed by atoms with E-state index in [4.69, 9.17) is 16.7 Å². The molecule has 4 heteroatoms. The molecule has 0 amide bonds. The summed E-state index contributed by atoms with van der Waals surface area (Å²) >= 11 is 5.90. The van der Waals surface area contributed by atoms with Gasteiger partial charge in [-0.05, 0) is 31.5 Å². The third-order valence-corrected chi connectivity index (χ3v) is 2.69. The van der Waals surface area contributed by atoms with E-state index in [1.807, 2.05) is 13.0 Å². The standard InChI is InChI=1S/C11H10ClNO2/c1-5-3-7(12)4-8-9(11(14)15)6(2)13-10(5)8/h3-4,13H,1-2H3,(H,14,15). The Hall–Kier alpha value is -1.48. The topological polar surface area (TPSA) is 53.1 Å². The summed E-state index contributed by atoms with van der Waals surface area (Å²) in [6.45, 7) is 3.65. The van der Waals surface area contributed by atoms with Gasteiger partial charge in [-0.1, -0.05) is 11.6 Å². The van der Waals surface area contributed by atoms with Crippen molar-refractivity contribution >= 4 is 28.5 Å². The van der Waals surface area contributed by atoms with Crippen LogP contribution in [0.2, 0.25) is 5.02 Å². The minimum atomic E-state index is -0.930. The monoisotopic (exact) mass is 223 g/mol. The number of halogens is 1. The Kier molecular flexibility index (Phi) is 2.20. The number of carbonyl (C=O) groups is 1. The van der Waals surface area contributed by atoms with Crippen molar-refractivity contribution in [3.63, 3.8) is 0 Å². The molecular weight excluding hydrogens is 214 g/mol. The van der Waals surface area contributed by atoms with Gasteiger partial charge in [0.1, 0.15) is 0 Å². The number of hydrogen-bond donors (Lipinski definition) is 2. The lowest BCUT2D eigenvalue weighted by Crippen LogP contribution is -1.96. The predicted octanol–water partition coefficient (Wildman–Crippen LogP) is 3.14. The van der Waals surface area contributed by atoms with E-state index >= 15 is 0 Å². The average molecular weight is 224 g/mol. The van der Waals surface area contributed by atoms with Crippen molar-refractivity contribution in [1.29, 1.82) is 0 Å². The van der Waals surface area contributed by atoms with E-state index in [1.54, 1.807) is 13.0 Å². The predicted molar refractivity (Wildman–Crippen MR) is 59.7 cm³/mol. The van der Waals surface area contributed by atoms with Gasteiger partial charge in [0.2, 0.25) is 0 Å². The lowest BCUT2D eigenvalue weighted by atomic mass is 10.1. The zero-order valence-corrected chi connectivity index (χ0v) is 9.14. The number of H-pyrrole nitrogens is 1. The van der Waals surface area contributed by atoms with E-state index in [1.165, 1.54) is 0 Å². The zero-order valence-electron chi connectivity index (χ0n) is 8.39. The second kappa shape index (κ2) is 3.28. The fourth-order valence-electron chi connectivity index (χ4n) is 1.83. The van der Waals surface area contributed by atoms with E-state index in [0.717, 1.165) is 11.1 Å². The summed E-state index contributed by atoms with van der Waals surface area (Å²) in [6.07, 6.45) is 0. The molecule has 15 heavy (non-hydrogen) atoms. The summed E-state index contributed by atoms with van der Waals surface area (Å²) in [6, 6.07) is 3.49. The van der Waals surface area contributed by atoms with Crippen LogP contribution in [0.3, 0.4) is 0 Å². The summed E-state index contributed by atoms with van der Waals surface area (Å²) < 4.78 is 0. The Morgan fingerprint density at radius 1 is 1.40 bits per heavy atom. The zero-order chi connectivity index (χ0) is 11.2. The molecule has 1 aromatic carbocycles. The molecular formula is C11H10ClNO2. The quantitative estimate of drug-likeness (QED) is 0.780. The number of benzene rings is 1. The number of aromatic carboxylic acids is 1. The van der Waals surface area contributed by atoms with Crippen molar-refractivity contribution < 1.29 is 9.90 Å². The fourth-order valence-corrected chi connectivity index (χ4v) is 2.11. The molecule has 0 saturated carbocycles. The molecule has 0 spiro atoms. The number of aromatic nitrogens is 1. The van der Waals surface area contributed by atoms with Crippen LogP contribution in [0.25, 0.3) is 10.9 Å². The molecule has 2 N–H and O–H groups in total. The van der Waals surface area contributed by atoms with Crippen LogP contribution < -0.4 is 0 Å². The van der Waals surface area contributed by atoms with Crippen LogP contribution in [0.15, 0.2) is 12.1 Å². The van der Waals surface area contributed by atoms with E-state index < -0.39 is 5.97 Å². The molecule has 0 radical (unpaired) electrons. The third kappa shape index (κ3) is 1.49. The van der Waals surface area contributed by atoms with E-state index in [-0.39, 0.29) is 0 Å². The fraction of sp³-hybridized carbons (Fsp3) is 0.182. The minimum Gasteiger partial charge on any atom is -0.478 e. The Bertz CT molecular complexity index is 557. The number of rotatable bonds is 1. The summed E-state index contributed by atoms with van der Waals surface area (Å²) in [4.78, 5) is 14.1. The Balaban J connectivity index is 2.93. The van der Waals surface area contributed by atoms with Crippen LogP contribution in [0.4, 0.5) is 0 Å². The minimum absolute atomic E-state index is 0.301. The van der Waals surface area contributed by atoms with Crippen molar-refractivity contribution in [3.05, 3.63) is 34.0 Å². The van der Waals surface area contributed by atoms with Gasteiger partial charge in [0, 0.05) is 21.6 Å². The normalized spacial score (nSPS) is 10.9. The van der Waals surface area contributed by atoms with Gasteiger partial charge in [0.05, 0.1) is 5.56 Å². The average Bonchev–Trinajstić information content (AvgIpc) is 2.41. The number of hydrogen-bond acceptors (Lipinski definition) is 1. The number of aromatic amines is 1. The molecule has 1 aromatic heterocycles. The third-order valence-electron chi connectivity index (χ3n) is 2.47. The Labute approximate surface area is 91.7 Å². The van der Waals surface area contributed by atoms with Crippen LogP contribution in [0.5, 0.6) is 0 Å². The molecule has 0 aliphatic carbocycles. The highest BCUT2D eigenvalue weighted by molar-refractivity contribution is 6.31. The molecule has 0 unspecified atom stereocenters. The van der Waals surface area contributed by atoms with Gasteiger partial charge >= 0.3 is 5.97 Å². The second-order valence-electron chi connectivity index (χ2n) is 3.58. The van der Waals surface area contributed by atoms with Crippen molar-refractivity contribution in [2.24, 2.45) is 0 Å².